The number of hydrogen-bond donors (Lipinski definition) is 2. The quantitative estimate of drug-likeness (QED) is 0.495. The summed E-state index contributed by atoms with van der Waals surface area (Å²) in [6.45, 7) is 6.25. The second-order valence-corrected chi connectivity index (χ2v) is 7.99. The van der Waals surface area contributed by atoms with Crippen LogP contribution in [0.4, 0.5) is 5.69 Å². The van der Waals surface area contributed by atoms with E-state index < -0.39 is 12.0 Å². The van der Waals surface area contributed by atoms with E-state index in [4.69, 9.17) is 5.73 Å². The molecular weight excluding hydrogens is 380 g/mol. The van der Waals surface area contributed by atoms with E-state index in [0.717, 1.165) is 22.0 Å². The first-order chi connectivity index (χ1) is 14.2. The standard InChI is InChI=1S/C23H26N4O3/c1-5-17(22(28)29)27-19-10-16(24)6-7-18(19)26(23(27)30)12-15-11-25(4)20-9-13(2)8-14(3)21(15)20/h6-11,17H,5,12,24H2,1-4H3,(H,28,29)/t17-/m0/s1. The van der Waals surface area contributed by atoms with Crippen molar-refractivity contribution in [2.24, 2.45) is 7.05 Å². The lowest BCUT2D eigenvalue weighted by atomic mass is 10.0. The maximum Gasteiger partial charge on any atom is 0.330 e. The van der Waals surface area contributed by atoms with Crippen LogP contribution in [0, 0.1) is 13.8 Å². The monoisotopic (exact) mass is 406 g/mol. The van der Waals surface area contributed by atoms with Crippen LogP contribution >= 0.6 is 0 Å². The number of carboxylic acid groups (broad SMARTS) is 1. The van der Waals surface area contributed by atoms with Gasteiger partial charge in [0.1, 0.15) is 6.04 Å². The predicted molar refractivity (Wildman–Crippen MR) is 119 cm³/mol. The molecule has 0 radical (unpaired) electrons. The maximum absolute atomic E-state index is 13.4. The second kappa shape index (κ2) is 7.09. The summed E-state index contributed by atoms with van der Waals surface area (Å²) in [4.78, 5) is 25.2. The van der Waals surface area contributed by atoms with Crippen molar-refractivity contribution in [2.45, 2.75) is 39.8 Å². The van der Waals surface area contributed by atoms with E-state index in [1.54, 1.807) is 29.7 Å². The number of aliphatic carboxylic acids is 1. The van der Waals surface area contributed by atoms with Gasteiger partial charge in [0, 0.05) is 29.8 Å². The zero-order valence-electron chi connectivity index (χ0n) is 17.6. The summed E-state index contributed by atoms with van der Waals surface area (Å²) in [7, 11) is 2.00. The molecule has 0 spiro atoms. The van der Waals surface area contributed by atoms with Crippen LogP contribution in [0.25, 0.3) is 21.9 Å². The number of nitrogen functional groups attached to an aromatic ring is 1. The molecule has 0 aliphatic heterocycles. The maximum atomic E-state index is 13.4. The average molecular weight is 406 g/mol. The summed E-state index contributed by atoms with van der Waals surface area (Å²) in [5.74, 6) is -1.03. The number of aromatic nitrogens is 3. The van der Waals surface area contributed by atoms with Gasteiger partial charge in [-0.2, -0.15) is 0 Å². The molecule has 2 aromatic heterocycles. The first kappa shape index (κ1) is 19.8. The number of nitrogens with two attached hydrogens (primary N) is 1. The van der Waals surface area contributed by atoms with E-state index in [1.165, 1.54) is 10.1 Å². The molecule has 0 saturated carbocycles. The molecule has 30 heavy (non-hydrogen) atoms. The fourth-order valence-corrected chi connectivity index (χ4v) is 4.52. The largest absolute Gasteiger partial charge is 0.480 e. The summed E-state index contributed by atoms with van der Waals surface area (Å²) >= 11 is 0. The van der Waals surface area contributed by atoms with Gasteiger partial charge in [0.25, 0.3) is 0 Å². The Morgan fingerprint density at radius 3 is 2.53 bits per heavy atom. The number of benzene rings is 2. The van der Waals surface area contributed by atoms with Gasteiger partial charge in [0.2, 0.25) is 0 Å². The van der Waals surface area contributed by atoms with E-state index >= 15 is 0 Å². The molecule has 0 aliphatic carbocycles. The molecule has 1 atom stereocenters. The van der Waals surface area contributed by atoms with Gasteiger partial charge in [0.05, 0.1) is 17.6 Å². The van der Waals surface area contributed by atoms with Gasteiger partial charge >= 0.3 is 11.7 Å². The molecule has 2 heterocycles. The lowest BCUT2D eigenvalue weighted by Gasteiger charge is -2.11. The minimum Gasteiger partial charge on any atom is -0.480 e. The normalized spacial score (nSPS) is 12.7. The van der Waals surface area contributed by atoms with Crippen molar-refractivity contribution in [3.63, 3.8) is 0 Å². The van der Waals surface area contributed by atoms with Crippen LogP contribution in [0.15, 0.2) is 41.3 Å². The molecule has 0 amide bonds. The second-order valence-electron chi connectivity index (χ2n) is 7.99. The van der Waals surface area contributed by atoms with Crippen molar-refractivity contribution in [3.8, 4) is 0 Å². The number of anilines is 1. The molecule has 7 heteroatoms. The van der Waals surface area contributed by atoms with Gasteiger partial charge in [-0.05, 0) is 61.2 Å². The molecular formula is C23H26N4O3. The molecule has 0 aliphatic rings. The highest BCUT2D eigenvalue weighted by atomic mass is 16.4. The Morgan fingerprint density at radius 1 is 1.13 bits per heavy atom. The number of hydrogen-bond acceptors (Lipinski definition) is 3. The number of carboxylic acids is 1. The number of nitrogens with zero attached hydrogens (tertiary/aromatic N) is 3. The third-order valence-corrected chi connectivity index (χ3v) is 5.81. The van der Waals surface area contributed by atoms with Gasteiger partial charge in [-0.25, -0.2) is 9.59 Å². The van der Waals surface area contributed by atoms with Crippen molar-refractivity contribution < 1.29 is 9.90 Å². The van der Waals surface area contributed by atoms with Crippen LogP contribution in [0.3, 0.4) is 0 Å². The first-order valence-electron chi connectivity index (χ1n) is 10.0. The molecule has 2 aromatic carbocycles. The lowest BCUT2D eigenvalue weighted by Crippen LogP contribution is -2.31. The third kappa shape index (κ3) is 2.98. The van der Waals surface area contributed by atoms with Crippen LogP contribution in [-0.2, 0) is 18.4 Å². The fourth-order valence-electron chi connectivity index (χ4n) is 4.52. The van der Waals surface area contributed by atoms with Crippen molar-refractivity contribution in [2.75, 3.05) is 5.73 Å². The van der Waals surface area contributed by atoms with Crippen LogP contribution in [-0.4, -0.2) is 24.8 Å². The van der Waals surface area contributed by atoms with E-state index in [2.05, 4.69) is 30.5 Å². The molecule has 4 aromatic rings. The Labute approximate surface area is 173 Å². The van der Waals surface area contributed by atoms with E-state index in [0.29, 0.717) is 29.7 Å². The van der Waals surface area contributed by atoms with E-state index in [9.17, 15) is 14.7 Å². The molecule has 0 bridgehead atoms. The van der Waals surface area contributed by atoms with Crippen LogP contribution in [0.1, 0.15) is 36.1 Å². The fraction of sp³-hybridized carbons (Fsp3) is 0.304. The SMILES string of the molecule is CC[C@@H](C(=O)O)n1c(=O)n(Cc2cn(C)c3cc(C)cc(C)c23)c2ccc(N)cc21. The summed E-state index contributed by atoms with van der Waals surface area (Å²) in [6.07, 6.45) is 2.34. The van der Waals surface area contributed by atoms with E-state index in [-0.39, 0.29) is 5.69 Å². The Hall–Kier alpha value is -3.48. The van der Waals surface area contributed by atoms with Crippen molar-refractivity contribution in [1.29, 1.82) is 0 Å². The zero-order chi connectivity index (χ0) is 21.7. The Kier molecular flexibility index (Phi) is 4.68. The predicted octanol–water partition coefficient (Wildman–Crippen LogP) is 3.58. The smallest absolute Gasteiger partial charge is 0.330 e. The average Bonchev–Trinajstić information content (AvgIpc) is 3.11. The molecule has 156 valence electrons. The number of rotatable bonds is 5. The Morgan fingerprint density at radius 2 is 1.87 bits per heavy atom. The molecule has 4 rings (SSSR count). The summed E-state index contributed by atoms with van der Waals surface area (Å²) in [6, 6.07) is 8.53. The topological polar surface area (TPSA) is 95.2 Å². The number of carbonyl (C=O) groups is 1. The van der Waals surface area contributed by atoms with Crippen molar-refractivity contribution in [3.05, 3.63) is 63.7 Å². The van der Waals surface area contributed by atoms with Crippen molar-refractivity contribution in [1.82, 2.24) is 13.7 Å². The summed E-state index contributed by atoms with van der Waals surface area (Å²) < 4.78 is 5.07. The first-order valence-corrected chi connectivity index (χ1v) is 10.0. The van der Waals surface area contributed by atoms with Gasteiger partial charge < -0.3 is 15.4 Å². The lowest BCUT2D eigenvalue weighted by molar-refractivity contribution is -0.141. The number of aryl methyl sites for hydroxylation is 3. The van der Waals surface area contributed by atoms with Gasteiger partial charge in [-0.1, -0.05) is 13.0 Å². The summed E-state index contributed by atoms with van der Waals surface area (Å²) in [5, 5.41) is 10.8. The minimum absolute atomic E-state index is 0.301. The molecule has 0 fully saturated rings. The van der Waals surface area contributed by atoms with Crippen LogP contribution < -0.4 is 11.4 Å². The van der Waals surface area contributed by atoms with Gasteiger partial charge in [-0.15, -0.1) is 0 Å². The highest BCUT2D eigenvalue weighted by Crippen LogP contribution is 2.28. The third-order valence-electron chi connectivity index (χ3n) is 5.81. The summed E-state index contributed by atoms with van der Waals surface area (Å²) in [5.41, 5.74) is 11.8. The molecule has 0 unspecified atom stereocenters. The Bertz CT molecular complexity index is 1360. The van der Waals surface area contributed by atoms with Crippen LogP contribution in [0.2, 0.25) is 0 Å². The van der Waals surface area contributed by atoms with E-state index in [1.807, 2.05) is 13.2 Å². The molecule has 7 nitrogen and oxygen atoms in total. The van der Waals surface area contributed by atoms with Gasteiger partial charge in [-0.3, -0.25) is 9.13 Å². The highest BCUT2D eigenvalue weighted by molar-refractivity contribution is 5.88. The number of imidazole rings is 1. The Balaban J connectivity index is 1.97. The molecule has 3 N–H and O–H groups in total. The highest BCUT2D eigenvalue weighted by Gasteiger charge is 2.25. The number of fused-ring (bicyclic) bond motifs is 2. The zero-order valence-corrected chi connectivity index (χ0v) is 17.6. The van der Waals surface area contributed by atoms with Crippen LogP contribution in [0.5, 0.6) is 0 Å². The van der Waals surface area contributed by atoms with Crippen molar-refractivity contribution >= 4 is 33.6 Å². The minimum atomic E-state index is -1.03. The molecule has 0 saturated heterocycles. The van der Waals surface area contributed by atoms with Gasteiger partial charge in [0.15, 0.2) is 0 Å².